The number of unbranched alkanes of at least 4 members (excludes halogenated alkanes) is 8. The van der Waals surface area contributed by atoms with Gasteiger partial charge in [-0.15, -0.1) is 0 Å². The predicted octanol–water partition coefficient (Wildman–Crippen LogP) is 3.13. The average Bonchev–Trinajstić information content (AvgIpc) is 2.95. The lowest BCUT2D eigenvalue weighted by Crippen LogP contribution is -2.11. The van der Waals surface area contributed by atoms with Crippen molar-refractivity contribution in [3.63, 3.8) is 0 Å². The molecule has 0 aliphatic carbocycles. The molecule has 0 aromatic rings. The molecule has 0 unspecified atom stereocenters. The molecule has 1 heterocycles. The molecule has 19 heavy (non-hydrogen) atoms. The SMILES string of the molecule is C1CNCN1.CCCCCCCCCCCC(=O)O. The standard InChI is InChI=1S/C12H24O2.C3H8N2/c1-2-3-4-5-6-7-8-9-10-11-12(13)14;1-2-5-3-4-1/h2-11H2,1H3,(H,13,14);4-5H,1-3H2. The number of nitrogens with one attached hydrogen (secondary N) is 2. The van der Waals surface area contributed by atoms with E-state index in [0.717, 1.165) is 32.6 Å². The number of hydrogen-bond acceptors (Lipinski definition) is 3. The zero-order valence-electron chi connectivity index (χ0n) is 12.5. The maximum atomic E-state index is 10.2. The molecule has 1 saturated heterocycles. The van der Waals surface area contributed by atoms with E-state index in [2.05, 4.69) is 17.6 Å². The minimum atomic E-state index is -0.659. The summed E-state index contributed by atoms with van der Waals surface area (Å²) in [5, 5.41) is 14.6. The van der Waals surface area contributed by atoms with E-state index in [1.807, 2.05) is 0 Å². The Morgan fingerprint density at radius 1 is 0.895 bits per heavy atom. The fourth-order valence-corrected chi connectivity index (χ4v) is 2.03. The van der Waals surface area contributed by atoms with Crippen molar-refractivity contribution in [3.8, 4) is 0 Å². The summed E-state index contributed by atoms with van der Waals surface area (Å²) in [6, 6.07) is 0. The first-order valence-electron chi connectivity index (χ1n) is 7.90. The Bertz CT molecular complexity index is 187. The van der Waals surface area contributed by atoms with Crippen molar-refractivity contribution >= 4 is 5.97 Å². The zero-order valence-corrected chi connectivity index (χ0v) is 12.5. The Hall–Kier alpha value is -0.610. The van der Waals surface area contributed by atoms with Gasteiger partial charge in [-0.05, 0) is 6.42 Å². The average molecular weight is 272 g/mol. The van der Waals surface area contributed by atoms with Crippen LogP contribution in [0.5, 0.6) is 0 Å². The van der Waals surface area contributed by atoms with Crippen molar-refractivity contribution in [1.82, 2.24) is 10.6 Å². The second-order valence-corrected chi connectivity index (χ2v) is 5.15. The molecule has 4 nitrogen and oxygen atoms in total. The molecule has 4 heteroatoms. The van der Waals surface area contributed by atoms with E-state index in [9.17, 15) is 4.79 Å². The third-order valence-electron chi connectivity index (χ3n) is 3.22. The van der Waals surface area contributed by atoms with Crippen LogP contribution in [0, 0.1) is 0 Å². The lowest BCUT2D eigenvalue weighted by molar-refractivity contribution is -0.137. The van der Waals surface area contributed by atoms with Gasteiger partial charge in [0.15, 0.2) is 0 Å². The van der Waals surface area contributed by atoms with E-state index >= 15 is 0 Å². The van der Waals surface area contributed by atoms with Gasteiger partial charge in [-0.3, -0.25) is 4.79 Å². The molecule has 0 atom stereocenters. The third kappa shape index (κ3) is 17.4. The lowest BCUT2D eigenvalue weighted by Gasteiger charge is -2.00. The second kappa shape index (κ2) is 15.4. The zero-order chi connectivity index (χ0) is 14.2. The van der Waals surface area contributed by atoms with Gasteiger partial charge in [-0.2, -0.15) is 0 Å². The molecular weight excluding hydrogens is 240 g/mol. The predicted molar refractivity (Wildman–Crippen MR) is 80.4 cm³/mol. The molecular formula is C15H32N2O2. The highest BCUT2D eigenvalue weighted by molar-refractivity contribution is 5.66. The van der Waals surface area contributed by atoms with E-state index in [1.165, 1.54) is 44.9 Å². The van der Waals surface area contributed by atoms with Crippen LogP contribution in [-0.4, -0.2) is 30.8 Å². The van der Waals surface area contributed by atoms with Gasteiger partial charge in [-0.25, -0.2) is 0 Å². The van der Waals surface area contributed by atoms with Gasteiger partial charge >= 0.3 is 5.97 Å². The first-order chi connectivity index (χ1) is 9.27. The second-order valence-electron chi connectivity index (χ2n) is 5.15. The molecule has 0 amide bonds. The Balaban J connectivity index is 0.000000532. The van der Waals surface area contributed by atoms with Crippen molar-refractivity contribution in [1.29, 1.82) is 0 Å². The summed E-state index contributed by atoms with van der Waals surface area (Å²) in [7, 11) is 0. The molecule has 0 aromatic heterocycles. The van der Waals surface area contributed by atoms with Crippen LogP contribution in [0.4, 0.5) is 0 Å². The molecule has 0 radical (unpaired) electrons. The molecule has 3 N–H and O–H groups in total. The number of rotatable bonds is 10. The summed E-state index contributed by atoms with van der Waals surface area (Å²) in [5.41, 5.74) is 0. The van der Waals surface area contributed by atoms with Gasteiger partial charge in [0.1, 0.15) is 0 Å². The molecule has 0 bridgehead atoms. The number of carboxylic acid groups (broad SMARTS) is 1. The molecule has 0 aromatic carbocycles. The molecule has 0 spiro atoms. The van der Waals surface area contributed by atoms with E-state index < -0.39 is 5.97 Å². The van der Waals surface area contributed by atoms with Gasteiger partial charge in [-0.1, -0.05) is 58.3 Å². The van der Waals surface area contributed by atoms with Gasteiger partial charge in [0, 0.05) is 26.2 Å². The Labute approximate surface area is 118 Å². The van der Waals surface area contributed by atoms with E-state index in [4.69, 9.17) is 5.11 Å². The summed E-state index contributed by atoms with van der Waals surface area (Å²) >= 11 is 0. The van der Waals surface area contributed by atoms with Gasteiger partial charge < -0.3 is 15.7 Å². The van der Waals surface area contributed by atoms with Crippen LogP contribution < -0.4 is 10.6 Å². The molecule has 114 valence electrons. The van der Waals surface area contributed by atoms with Gasteiger partial charge in [0.2, 0.25) is 0 Å². The number of carboxylic acids is 1. The first-order valence-corrected chi connectivity index (χ1v) is 7.90. The molecule has 1 aliphatic rings. The molecule has 1 aliphatic heterocycles. The smallest absolute Gasteiger partial charge is 0.303 e. The first kappa shape index (κ1) is 18.4. The van der Waals surface area contributed by atoms with Crippen LogP contribution in [0.15, 0.2) is 0 Å². The highest BCUT2D eigenvalue weighted by Crippen LogP contribution is 2.10. The van der Waals surface area contributed by atoms with Crippen molar-refractivity contribution in [3.05, 3.63) is 0 Å². The van der Waals surface area contributed by atoms with E-state index in [-0.39, 0.29) is 0 Å². The Morgan fingerprint density at radius 2 is 1.37 bits per heavy atom. The van der Waals surface area contributed by atoms with Crippen LogP contribution >= 0.6 is 0 Å². The summed E-state index contributed by atoms with van der Waals surface area (Å²) in [6.07, 6.45) is 11.5. The quantitative estimate of drug-likeness (QED) is 0.535. The summed E-state index contributed by atoms with van der Waals surface area (Å²) in [4.78, 5) is 10.2. The van der Waals surface area contributed by atoms with Crippen molar-refractivity contribution in [2.75, 3.05) is 19.8 Å². The number of hydrogen-bond donors (Lipinski definition) is 3. The monoisotopic (exact) mass is 272 g/mol. The Morgan fingerprint density at radius 3 is 1.74 bits per heavy atom. The van der Waals surface area contributed by atoms with Crippen molar-refractivity contribution < 1.29 is 9.90 Å². The minimum Gasteiger partial charge on any atom is -0.481 e. The summed E-state index contributed by atoms with van der Waals surface area (Å²) in [6.45, 7) is 5.51. The van der Waals surface area contributed by atoms with Crippen LogP contribution in [0.1, 0.15) is 71.1 Å². The largest absolute Gasteiger partial charge is 0.481 e. The van der Waals surface area contributed by atoms with Crippen LogP contribution in [0.3, 0.4) is 0 Å². The molecule has 0 saturated carbocycles. The normalized spacial score (nSPS) is 13.9. The number of aliphatic carboxylic acids is 1. The molecule has 1 rings (SSSR count). The fourth-order valence-electron chi connectivity index (χ4n) is 2.03. The van der Waals surface area contributed by atoms with Gasteiger partial charge in [0.25, 0.3) is 0 Å². The lowest BCUT2D eigenvalue weighted by atomic mass is 10.1. The maximum absolute atomic E-state index is 10.2. The highest BCUT2D eigenvalue weighted by Gasteiger charge is 1.96. The summed E-state index contributed by atoms with van der Waals surface area (Å²) < 4.78 is 0. The molecule has 1 fully saturated rings. The van der Waals surface area contributed by atoms with E-state index in [0.29, 0.717) is 6.42 Å². The van der Waals surface area contributed by atoms with E-state index in [1.54, 1.807) is 0 Å². The van der Waals surface area contributed by atoms with Crippen LogP contribution in [-0.2, 0) is 4.79 Å². The maximum Gasteiger partial charge on any atom is 0.303 e. The van der Waals surface area contributed by atoms with Crippen molar-refractivity contribution in [2.45, 2.75) is 71.1 Å². The minimum absolute atomic E-state index is 0.343. The summed E-state index contributed by atoms with van der Waals surface area (Å²) in [5.74, 6) is -0.659. The Kier molecular flexibility index (Phi) is 15.0. The fraction of sp³-hybridized carbons (Fsp3) is 0.933. The van der Waals surface area contributed by atoms with Crippen LogP contribution in [0.25, 0.3) is 0 Å². The van der Waals surface area contributed by atoms with Crippen LogP contribution in [0.2, 0.25) is 0 Å². The third-order valence-corrected chi connectivity index (χ3v) is 3.22. The van der Waals surface area contributed by atoms with Crippen molar-refractivity contribution in [2.24, 2.45) is 0 Å². The van der Waals surface area contributed by atoms with Gasteiger partial charge in [0.05, 0.1) is 0 Å². The topological polar surface area (TPSA) is 61.4 Å². The number of carbonyl (C=O) groups is 1. The highest BCUT2D eigenvalue weighted by atomic mass is 16.4.